The maximum atomic E-state index is 9.31. The van der Waals surface area contributed by atoms with E-state index in [9.17, 15) is 5.11 Å². The molecule has 0 atom stereocenters. The van der Waals surface area contributed by atoms with Gasteiger partial charge in [0.1, 0.15) is 5.75 Å². The summed E-state index contributed by atoms with van der Waals surface area (Å²) in [6, 6.07) is 7.77. The first-order valence-electron chi connectivity index (χ1n) is 13.7. The van der Waals surface area contributed by atoms with Gasteiger partial charge in [-0.25, -0.2) is 0 Å². The summed E-state index contributed by atoms with van der Waals surface area (Å²) in [6.07, 6.45) is 28.1. The molecule has 1 N–H and O–H groups in total. The van der Waals surface area contributed by atoms with Gasteiger partial charge in [0.15, 0.2) is 0 Å². The average Bonchev–Trinajstić information content (AvgIpc) is 2.80. The summed E-state index contributed by atoms with van der Waals surface area (Å²) in [5, 5.41) is 9.31. The third-order valence-corrected chi connectivity index (χ3v) is 6.40. The first-order valence-corrected chi connectivity index (χ1v) is 13.7. The molecule has 31 heavy (non-hydrogen) atoms. The molecule has 0 amide bonds. The number of ether oxygens (including phenoxy) is 1. The summed E-state index contributed by atoms with van der Waals surface area (Å²) in [5.74, 6) is 0.836. The Morgan fingerprint density at radius 1 is 0.548 bits per heavy atom. The zero-order valence-electron chi connectivity index (χ0n) is 20.7. The second kappa shape index (κ2) is 22.2. The molecular weight excluding hydrogens is 380 g/mol. The lowest BCUT2D eigenvalue weighted by molar-refractivity contribution is 0.260. The zero-order valence-corrected chi connectivity index (χ0v) is 20.7. The maximum absolute atomic E-state index is 9.31. The van der Waals surface area contributed by atoms with E-state index in [4.69, 9.17) is 4.74 Å². The van der Waals surface area contributed by atoms with E-state index in [0.717, 1.165) is 24.3 Å². The van der Waals surface area contributed by atoms with Crippen LogP contribution in [0.3, 0.4) is 0 Å². The molecule has 0 radical (unpaired) electrons. The molecule has 0 saturated carbocycles. The number of benzene rings is 1. The van der Waals surface area contributed by atoms with Gasteiger partial charge in [-0.15, -0.1) is 0 Å². The minimum Gasteiger partial charge on any atom is -0.493 e. The predicted molar refractivity (Wildman–Crippen MR) is 136 cm³/mol. The van der Waals surface area contributed by atoms with E-state index in [1.807, 2.05) is 24.3 Å². The molecular formula is C29H52O2. The molecule has 0 aromatic heterocycles. The monoisotopic (exact) mass is 432 g/mol. The van der Waals surface area contributed by atoms with Gasteiger partial charge >= 0.3 is 0 Å². The van der Waals surface area contributed by atoms with Crippen molar-refractivity contribution in [2.45, 2.75) is 142 Å². The molecule has 0 spiro atoms. The fraction of sp³-hybridized carbons (Fsp3) is 0.793. The molecule has 0 bridgehead atoms. The maximum Gasteiger partial charge on any atom is 0.124 e. The lowest BCUT2D eigenvalue weighted by atomic mass is 10.0. The van der Waals surface area contributed by atoms with Crippen molar-refractivity contribution in [3.8, 4) is 5.75 Å². The highest BCUT2D eigenvalue weighted by Crippen LogP contribution is 2.18. The highest BCUT2D eigenvalue weighted by Gasteiger charge is 2.01. The van der Waals surface area contributed by atoms with Crippen molar-refractivity contribution in [2.75, 3.05) is 6.61 Å². The van der Waals surface area contributed by atoms with Crippen LogP contribution in [0, 0.1) is 0 Å². The molecule has 0 saturated heterocycles. The van der Waals surface area contributed by atoms with Gasteiger partial charge in [-0.05, 0) is 12.5 Å². The summed E-state index contributed by atoms with van der Waals surface area (Å²) in [6.45, 7) is 3.10. The predicted octanol–water partition coefficient (Wildman–Crippen LogP) is 9.38. The second-order valence-electron chi connectivity index (χ2n) is 9.33. The molecule has 2 nitrogen and oxygen atoms in total. The van der Waals surface area contributed by atoms with E-state index in [1.54, 1.807) is 0 Å². The Labute approximate surface area is 194 Å². The summed E-state index contributed by atoms with van der Waals surface area (Å²) in [4.78, 5) is 0. The molecule has 0 heterocycles. The number of para-hydroxylation sites is 1. The van der Waals surface area contributed by atoms with Gasteiger partial charge in [0.05, 0.1) is 13.2 Å². The molecule has 0 unspecified atom stereocenters. The van der Waals surface area contributed by atoms with Crippen LogP contribution in [-0.2, 0) is 6.61 Å². The van der Waals surface area contributed by atoms with Crippen molar-refractivity contribution in [2.24, 2.45) is 0 Å². The van der Waals surface area contributed by atoms with Crippen LogP contribution in [0.4, 0.5) is 0 Å². The van der Waals surface area contributed by atoms with Crippen LogP contribution in [0.1, 0.15) is 141 Å². The van der Waals surface area contributed by atoms with Crippen molar-refractivity contribution < 1.29 is 9.84 Å². The molecule has 0 aliphatic carbocycles. The van der Waals surface area contributed by atoms with Gasteiger partial charge in [0, 0.05) is 5.56 Å². The topological polar surface area (TPSA) is 29.5 Å². The SMILES string of the molecule is CCCCCCCCCCCCCCCCCCCCCCOc1ccccc1CO. The third kappa shape index (κ3) is 17.2. The van der Waals surface area contributed by atoms with Crippen molar-refractivity contribution in [1.82, 2.24) is 0 Å². The van der Waals surface area contributed by atoms with Gasteiger partial charge in [0.25, 0.3) is 0 Å². The molecule has 0 aliphatic rings. The standard InChI is InChI=1S/C29H52O2/c1-2-3-4-5-6-7-8-9-10-11-12-13-14-15-16-17-18-19-20-23-26-31-29-25-22-21-24-28(29)27-30/h21-22,24-25,30H,2-20,23,26-27H2,1H3. The van der Waals surface area contributed by atoms with E-state index in [1.165, 1.54) is 122 Å². The fourth-order valence-corrected chi connectivity index (χ4v) is 4.31. The average molecular weight is 433 g/mol. The van der Waals surface area contributed by atoms with Crippen LogP contribution in [0.2, 0.25) is 0 Å². The van der Waals surface area contributed by atoms with Crippen LogP contribution in [-0.4, -0.2) is 11.7 Å². The molecule has 0 aliphatic heterocycles. The lowest BCUT2D eigenvalue weighted by Crippen LogP contribution is -2.00. The van der Waals surface area contributed by atoms with Crippen LogP contribution >= 0.6 is 0 Å². The quantitative estimate of drug-likeness (QED) is 0.174. The Bertz CT molecular complexity index is 485. The zero-order chi connectivity index (χ0) is 22.2. The van der Waals surface area contributed by atoms with Gasteiger partial charge in [-0.3, -0.25) is 0 Å². The fourth-order valence-electron chi connectivity index (χ4n) is 4.31. The number of aliphatic hydroxyl groups excluding tert-OH is 1. The van der Waals surface area contributed by atoms with E-state index >= 15 is 0 Å². The third-order valence-electron chi connectivity index (χ3n) is 6.40. The first-order chi connectivity index (χ1) is 15.4. The Balaban J connectivity index is 1.73. The van der Waals surface area contributed by atoms with Crippen LogP contribution in [0.15, 0.2) is 24.3 Å². The van der Waals surface area contributed by atoms with Gasteiger partial charge < -0.3 is 9.84 Å². The molecule has 180 valence electrons. The Kier molecular flexibility index (Phi) is 20.0. The van der Waals surface area contributed by atoms with Gasteiger partial charge in [-0.1, -0.05) is 147 Å². The molecule has 2 heteroatoms. The number of aliphatic hydroxyl groups is 1. The van der Waals surface area contributed by atoms with E-state index in [-0.39, 0.29) is 6.61 Å². The van der Waals surface area contributed by atoms with Crippen LogP contribution < -0.4 is 4.74 Å². The van der Waals surface area contributed by atoms with Gasteiger partial charge in [0.2, 0.25) is 0 Å². The first kappa shape index (κ1) is 28.0. The largest absolute Gasteiger partial charge is 0.493 e. The highest BCUT2D eigenvalue weighted by atomic mass is 16.5. The van der Waals surface area contributed by atoms with E-state index in [2.05, 4.69) is 6.92 Å². The molecule has 1 aromatic carbocycles. The number of unbranched alkanes of at least 4 members (excludes halogenated alkanes) is 19. The molecule has 1 rings (SSSR count). The van der Waals surface area contributed by atoms with Crippen molar-refractivity contribution in [1.29, 1.82) is 0 Å². The summed E-state index contributed by atoms with van der Waals surface area (Å²) >= 11 is 0. The van der Waals surface area contributed by atoms with Gasteiger partial charge in [-0.2, -0.15) is 0 Å². The summed E-state index contributed by atoms with van der Waals surface area (Å²) in [7, 11) is 0. The molecule has 1 aromatic rings. The number of rotatable bonds is 23. The number of hydrogen-bond acceptors (Lipinski definition) is 2. The van der Waals surface area contributed by atoms with E-state index in [0.29, 0.717) is 0 Å². The number of hydrogen-bond donors (Lipinski definition) is 1. The Hall–Kier alpha value is -1.02. The van der Waals surface area contributed by atoms with Crippen molar-refractivity contribution in [3.05, 3.63) is 29.8 Å². The van der Waals surface area contributed by atoms with Crippen molar-refractivity contribution >= 4 is 0 Å². The minimum atomic E-state index is 0.0510. The van der Waals surface area contributed by atoms with Crippen molar-refractivity contribution in [3.63, 3.8) is 0 Å². The Morgan fingerprint density at radius 2 is 0.935 bits per heavy atom. The minimum absolute atomic E-state index is 0.0510. The summed E-state index contributed by atoms with van der Waals surface area (Å²) in [5.41, 5.74) is 0.885. The summed E-state index contributed by atoms with van der Waals surface area (Å²) < 4.78 is 5.81. The molecule has 0 fully saturated rings. The van der Waals surface area contributed by atoms with Crippen LogP contribution in [0.5, 0.6) is 5.75 Å². The highest BCUT2D eigenvalue weighted by molar-refractivity contribution is 5.32. The van der Waals surface area contributed by atoms with E-state index < -0.39 is 0 Å². The van der Waals surface area contributed by atoms with Crippen LogP contribution in [0.25, 0.3) is 0 Å². The lowest BCUT2D eigenvalue weighted by Gasteiger charge is -2.09. The Morgan fingerprint density at radius 3 is 1.35 bits per heavy atom. The second-order valence-corrected chi connectivity index (χ2v) is 9.33. The smallest absolute Gasteiger partial charge is 0.124 e. The normalized spacial score (nSPS) is 11.2.